The van der Waals surface area contributed by atoms with Crippen molar-refractivity contribution in [2.45, 2.75) is 41.6 Å². The molecule has 0 unspecified atom stereocenters. The maximum Gasteiger partial charge on any atom is 0.354 e. The molecular weight excluding hydrogens is 1010 g/mol. The minimum atomic E-state index is -3.67. The SMILES string of the molecule is COC(=O)c1c(CCCOS(C)(=O)=O)c2ccc(Cl)c(-c3c(CSCc4cc(CSc5cc(O)c6ccccc6c5)n(C)n4)nn(C)c3COc3ccc(N4CCN(S(=O)(=O)N(C)C)CC4)cc3)c2n1C. The number of rotatable bonds is 20. The van der Waals surface area contributed by atoms with Crippen molar-refractivity contribution in [1.29, 1.82) is 0 Å². The van der Waals surface area contributed by atoms with E-state index in [1.807, 2.05) is 73.4 Å². The Balaban J connectivity index is 1.07. The molecule has 1 aliphatic heterocycles. The molecule has 3 aromatic heterocycles. The lowest BCUT2D eigenvalue weighted by molar-refractivity contribution is 0.0589. The Morgan fingerprint density at radius 2 is 1.59 bits per heavy atom. The number of esters is 1. The Hall–Kier alpha value is -5.26. The molecule has 22 heteroatoms. The molecule has 4 aromatic carbocycles. The van der Waals surface area contributed by atoms with Crippen LogP contribution in [-0.2, 0) is 80.7 Å². The van der Waals surface area contributed by atoms with Crippen LogP contribution in [0.1, 0.15) is 45.2 Å². The number of carbonyl (C=O) groups is 1. The minimum absolute atomic E-state index is 0.0634. The summed E-state index contributed by atoms with van der Waals surface area (Å²) in [7, 11) is 2.81. The van der Waals surface area contributed by atoms with Crippen LogP contribution >= 0.6 is 35.1 Å². The van der Waals surface area contributed by atoms with Gasteiger partial charge in [-0.1, -0.05) is 41.9 Å². The number of phenolic OH excluding ortho intramolecular Hbond substituents is 1. The third-order valence-corrected chi connectivity index (χ3v) is 17.3. The van der Waals surface area contributed by atoms with E-state index in [9.17, 15) is 26.7 Å². The molecule has 1 N–H and O–H groups in total. The molecule has 0 bridgehead atoms. The highest BCUT2D eigenvalue weighted by Gasteiger charge is 2.31. The molecule has 1 fully saturated rings. The van der Waals surface area contributed by atoms with Crippen LogP contribution in [0.15, 0.2) is 83.8 Å². The number of fused-ring (bicyclic) bond motifs is 2. The van der Waals surface area contributed by atoms with Crippen molar-refractivity contribution < 1.29 is 40.4 Å². The molecule has 4 heterocycles. The molecule has 0 amide bonds. The van der Waals surface area contributed by atoms with Gasteiger partial charge in [-0.2, -0.15) is 35.6 Å². The lowest BCUT2D eigenvalue weighted by atomic mass is 9.98. The van der Waals surface area contributed by atoms with Crippen molar-refractivity contribution in [3.05, 3.63) is 118 Å². The summed E-state index contributed by atoms with van der Waals surface area (Å²) in [6.07, 6.45) is 1.64. The number of piperazine rings is 1. The number of hydrogen-bond acceptors (Lipinski definition) is 14. The van der Waals surface area contributed by atoms with Gasteiger partial charge in [0.15, 0.2) is 0 Å². The van der Waals surface area contributed by atoms with Crippen LogP contribution in [-0.4, -0.2) is 121 Å². The number of aryl methyl sites for hydroxylation is 4. The van der Waals surface area contributed by atoms with Crippen LogP contribution < -0.4 is 9.64 Å². The average Bonchev–Trinajstić information content (AvgIpc) is 3.96. The molecule has 1 aliphatic rings. The summed E-state index contributed by atoms with van der Waals surface area (Å²) in [5.41, 5.74) is 7.41. The lowest BCUT2D eigenvalue weighted by Crippen LogP contribution is -2.51. The molecule has 378 valence electrons. The first-order valence-corrected chi connectivity index (χ1v) is 28.4. The van der Waals surface area contributed by atoms with E-state index >= 15 is 0 Å². The molecule has 8 rings (SSSR count). The van der Waals surface area contributed by atoms with Gasteiger partial charge in [0, 0.05) is 117 Å². The number of hydrogen-bond donors (Lipinski definition) is 1. The molecule has 1 saturated heterocycles. The fraction of sp³-hybridized carbons (Fsp3) is 0.367. The standard InChI is InChI=1S/C49H57ClN8O9S4/c1-53(2)71(63,64)58-22-20-57(21-23-58)34-14-16-36(17-15-34)66-28-43-46(45-41(50)19-18-40-39(13-10-24-67-70(7,61)62)48(49(60)65-6)54(3)47(40)45)42(52-56(43)5)31-68-29-33-26-35(55(4)51-33)30-69-37-25-32-11-8-9-12-38(32)44(59)27-37/h8-9,11-12,14-19,25-27,59H,10,13,20-24,28-31H2,1-7H3. The Kier molecular flexibility index (Phi) is 16.0. The minimum Gasteiger partial charge on any atom is -0.507 e. The Morgan fingerprint density at radius 3 is 2.30 bits per heavy atom. The van der Waals surface area contributed by atoms with Gasteiger partial charge in [0.2, 0.25) is 0 Å². The largest absolute Gasteiger partial charge is 0.507 e. The molecule has 0 radical (unpaired) electrons. The van der Waals surface area contributed by atoms with Crippen molar-refractivity contribution in [3.63, 3.8) is 0 Å². The Labute approximate surface area is 427 Å². The van der Waals surface area contributed by atoms with Gasteiger partial charge in [-0.15, -0.1) is 23.5 Å². The maximum absolute atomic E-state index is 13.5. The highest BCUT2D eigenvalue weighted by molar-refractivity contribution is 7.98. The van der Waals surface area contributed by atoms with Gasteiger partial charge >= 0.3 is 5.97 Å². The van der Waals surface area contributed by atoms with Gasteiger partial charge in [0.05, 0.1) is 47.6 Å². The normalized spacial score (nSPS) is 13.8. The monoisotopic (exact) mass is 1060 g/mol. The van der Waals surface area contributed by atoms with Gasteiger partial charge in [0.25, 0.3) is 20.3 Å². The average molecular weight is 1070 g/mol. The second kappa shape index (κ2) is 21.8. The predicted molar refractivity (Wildman–Crippen MR) is 281 cm³/mol. The van der Waals surface area contributed by atoms with E-state index in [1.54, 1.807) is 52.0 Å². The summed E-state index contributed by atoms with van der Waals surface area (Å²) in [4.78, 5) is 16.6. The van der Waals surface area contributed by atoms with Crippen LogP contribution in [0.3, 0.4) is 0 Å². The third-order valence-electron chi connectivity index (χ3n) is 12.5. The number of aromatic hydroxyl groups is 1. The van der Waals surface area contributed by atoms with Crippen molar-refractivity contribution in [2.75, 3.05) is 65.1 Å². The first-order chi connectivity index (χ1) is 33.8. The van der Waals surface area contributed by atoms with E-state index < -0.39 is 26.3 Å². The van der Waals surface area contributed by atoms with Crippen molar-refractivity contribution in [2.24, 2.45) is 21.1 Å². The van der Waals surface area contributed by atoms with Gasteiger partial charge in [0.1, 0.15) is 23.8 Å². The number of anilines is 1. The number of benzene rings is 4. The van der Waals surface area contributed by atoms with Crippen LogP contribution in [0, 0.1) is 0 Å². The van der Waals surface area contributed by atoms with Crippen molar-refractivity contribution in [3.8, 4) is 22.6 Å². The van der Waals surface area contributed by atoms with Gasteiger partial charge in [-0.3, -0.25) is 13.5 Å². The van der Waals surface area contributed by atoms with Crippen LogP contribution in [0.25, 0.3) is 32.8 Å². The van der Waals surface area contributed by atoms with Gasteiger partial charge in [-0.05, 0) is 72.3 Å². The summed E-state index contributed by atoms with van der Waals surface area (Å²) in [6.45, 7) is 1.89. The topological polar surface area (TPSA) is 184 Å². The number of aromatic nitrogens is 5. The van der Waals surface area contributed by atoms with Gasteiger partial charge in [-0.25, -0.2) is 4.79 Å². The van der Waals surface area contributed by atoms with Crippen LogP contribution in [0.5, 0.6) is 11.5 Å². The van der Waals surface area contributed by atoms with E-state index in [2.05, 4.69) is 17.0 Å². The fourth-order valence-corrected chi connectivity index (χ4v) is 12.5. The predicted octanol–water partition coefficient (Wildman–Crippen LogP) is 7.75. The highest BCUT2D eigenvalue weighted by Crippen LogP contribution is 2.43. The van der Waals surface area contributed by atoms with Crippen LogP contribution in [0.4, 0.5) is 5.69 Å². The van der Waals surface area contributed by atoms with E-state index in [4.69, 9.17) is 35.5 Å². The maximum atomic E-state index is 13.5. The third kappa shape index (κ3) is 11.5. The van der Waals surface area contributed by atoms with Crippen molar-refractivity contribution >= 4 is 88.8 Å². The molecule has 71 heavy (non-hydrogen) atoms. The summed E-state index contributed by atoms with van der Waals surface area (Å²) in [5, 5.41) is 23.5. The first-order valence-electron chi connectivity index (χ1n) is 22.7. The zero-order chi connectivity index (χ0) is 50.8. The second-order valence-corrected chi connectivity index (χ2v) is 23.6. The fourth-order valence-electron chi connectivity index (χ4n) is 8.93. The Morgan fingerprint density at radius 1 is 0.859 bits per heavy atom. The molecule has 0 aliphatic carbocycles. The lowest BCUT2D eigenvalue weighted by Gasteiger charge is -2.36. The summed E-state index contributed by atoms with van der Waals surface area (Å²) >= 11 is 10.5. The van der Waals surface area contributed by atoms with Crippen molar-refractivity contribution in [1.82, 2.24) is 32.7 Å². The zero-order valence-electron chi connectivity index (χ0n) is 40.6. The summed E-state index contributed by atoms with van der Waals surface area (Å²) in [5.74, 6) is 2.01. The first kappa shape index (κ1) is 52.1. The zero-order valence-corrected chi connectivity index (χ0v) is 44.6. The molecule has 0 spiro atoms. The van der Waals surface area contributed by atoms with E-state index in [-0.39, 0.29) is 19.0 Å². The molecule has 17 nitrogen and oxygen atoms in total. The van der Waals surface area contributed by atoms with Gasteiger partial charge < -0.3 is 24.0 Å². The number of nitrogens with zero attached hydrogens (tertiary/aromatic N) is 8. The number of phenols is 1. The second-order valence-electron chi connectivity index (χ2n) is 17.4. The quantitative estimate of drug-likeness (QED) is 0.0338. The highest BCUT2D eigenvalue weighted by atomic mass is 35.5. The molecule has 7 aromatic rings. The number of thioether (sulfide) groups is 2. The van der Waals surface area contributed by atoms with Crippen LogP contribution in [0.2, 0.25) is 5.02 Å². The molecule has 0 atom stereocenters. The number of halogens is 1. The number of ether oxygens (including phenoxy) is 2. The van der Waals surface area contributed by atoms with E-state index in [0.717, 1.165) is 61.3 Å². The number of carbonyl (C=O) groups excluding carboxylic acids is 1. The van der Waals surface area contributed by atoms with E-state index in [0.29, 0.717) is 89.4 Å². The summed E-state index contributed by atoms with van der Waals surface area (Å²) in [6, 6.07) is 25.1. The smallest absolute Gasteiger partial charge is 0.354 e. The molecule has 0 saturated carbocycles. The summed E-state index contributed by atoms with van der Waals surface area (Å²) < 4.78 is 74.0. The molecular formula is C49H57ClN8O9S4. The Bertz CT molecular complexity index is 3310. The number of methoxy groups -OCH3 is 1. The van der Waals surface area contributed by atoms with E-state index in [1.165, 1.54) is 29.8 Å².